The Kier molecular flexibility index (Phi) is 4.69. The van der Waals surface area contributed by atoms with E-state index in [0.29, 0.717) is 6.54 Å². The number of carbonyl (C=O) groups excluding carboxylic acids is 1. The van der Waals surface area contributed by atoms with Gasteiger partial charge in [0.15, 0.2) is 0 Å². The number of nitrogens with one attached hydrogen (secondary N) is 1. The predicted octanol–water partition coefficient (Wildman–Crippen LogP) is 4.86. The maximum Gasteiger partial charge on any atom is 0.321 e. The number of benzene rings is 1. The van der Waals surface area contributed by atoms with E-state index in [9.17, 15) is 4.79 Å². The van der Waals surface area contributed by atoms with Crippen molar-refractivity contribution in [1.29, 1.82) is 0 Å². The summed E-state index contributed by atoms with van der Waals surface area (Å²) in [6.07, 6.45) is 3.93. The van der Waals surface area contributed by atoms with Gasteiger partial charge in [-0.25, -0.2) is 4.79 Å². The van der Waals surface area contributed by atoms with E-state index in [1.165, 1.54) is 11.3 Å². The molecule has 23 heavy (non-hydrogen) atoms. The van der Waals surface area contributed by atoms with Crippen molar-refractivity contribution >= 4 is 34.7 Å². The number of halogens is 1. The Hall–Kier alpha value is -2.24. The van der Waals surface area contributed by atoms with Gasteiger partial charge < -0.3 is 14.8 Å². The van der Waals surface area contributed by atoms with Crippen molar-refractivity contribution in [2.45, 2.75) is 6.54 Å². The first-order valence-corrected chi connectivity index (χ1v) is 8.31. The molecule has 0 radical (unpaired) electrons. The number of thiophene rings is 1. The summed E-state index contributed by atoms with van der Waals surface area (Å²) in [4.78, 5) is 15.0. The summed E-state index contributed by atoms with van der Waals surface area (Å²) in [7, 11) is 1.76. The van der Waals surface area contributed by atoms with Gasteiger partial charge >= 0.3 is 6.03 Å². The zero-order valence-corrected chi connectivity index (χ0v) is 14.1. The van der Waals surface area contributed by atoms with Crippen LogP contribution in [-0.2, 0) is 6.54 Å². The Morgan fingerprint density at radius 2 is 2.00 bits per heavy atom. The van der Waals surface area contributed by atoms with E-state index in [4.69, 9.17) is 11.6 Å². The van der Waals surface area contributed by atoms with Crippen LogP contribution in [0.5, 0.6) is 0 Å². The topological polar surface area (TPSA) is 37.3 Å². The minimum atomic E-state index is -0.154. The summed E-state index contributed by atoms with van der Waals surface area (Å²) in [5.74, 6) is 0. The molecule has 0 fully saturated rings. The number of hydrogen-bond donors (Lipinski definition) is 1. The van der Waals surface area contributed by atoms with Gasteiger partial charge in [-0.2, -0.15) is 0 Å². The second-order valence-corrected chi connectivity index (χ2v) is 6.93. The molecular weight excluding hydrogens is 330 g/mol. The third-order valence-corrected chi connectivity index (χ3v) is 4.58. The number of aromatic nitrogens is 1. The number of rotatable bonds is 4. The third kappa shape index (κ3) is 3.94. The highest BCUT2D eigenvalue weighted by Gasteiger charge is 2.11. The largest absolute Gasteiger partial charge is 0.324 e. The Balaban J connectivity index is 1.66. The maximum atomic E-state index is 12.3. The van der Waals surface area contributed by atoms with E-state index in [2.05, 4.69) is 5.32 Å². The van der Waals surface area contributed by atoms with Crippen molar-refractivity contribution in [3.05, 3.63) is 70.1 Å². The van der Waals surface area contributed by atoms with Gasteiger partial charge in [-0.15, -0.1) is 11.3 Å². The van der Waals surface area contributed by atoms with E-state index in [1.807, 2.05) is 65.5 Å². The first-order chi connectivity index (χ1) is 11.1. The molecule has 0 saturated carbocycles. The van der Waals surface area contributed by atoms with Crippen molar-refractivity contribution in [3.63, 3.8) is 0 Å². The highest BCUT2D eigenvalue weighted by atomic mass is 35.5. The molecule has 2 amide bonds. The van der Waals surface area contributed by atoms with E-state index in [-0.39, 0.29) is 6.03 Å². The fourth-order valence-corrected chi connectivity index (χ4v) is 3.35. The van der Waals surface area contributed by atoms with Gasteiger partial charge in [-0.1, -0.05) is 17.7 Å². The number of nitrogens with zero attached hydrogens (tertiary/aromatic N) is 2. The van der Waals surface area contributed by atoms with E-state index >= 15 is 0 Å². The minimum Gasteiger partial charge on any atom is -0.324 e. The average molecular weight is 346 g/mol. The first kappa shape index (κ1) is 15.6. The molecule has 0 bridgehead atoms. The summed E-state index contributed by atoms with van der Waals surface area (Å²) in [5.41, 5.74) is 1.76. The summed E-state index contributed by atoms with van der Waals surface area (Å²) < 4.78 is 2.72. The number of anilines is 1. The zero-order valence-electron chi connectivity index (χ0n) is 12.6. The molecule has 1 N–H and O–H groups in total. The molecule has 3 aromatic rings. The molecule has 0 unspecified atom stereocenters. The van der Waals surface area contributed by atoms with Gasteiger partial charge in [-0.05, 0) is 42.5 Å². The van der Waals surface area contributed by atoms with Gasteiger partial charge in [0.05, 0.1) is 10.9 Å². The van der Waals surface area contributed by atoms with Crippen LogP contribution in [0.1, 0.15) is 4.88 Å². The lowest BCUT2D eigenvalue weighted by Gasteiger charge is -2.17. The Labute approximate surface area is 143 Å². The minimum absolute atomic E-state index is 0.154. The predicted molar refractivity (Wildman–Crippen MR) is 95.6 cm³/mol. The van der Waals surface area contributed by atoms with Crippen LogP contribution in [-0.4, -0.2) is 22.5 Å². The molecule has 0 saturated heterocycles. The zero-order chi connectivity index (χ0) is 16.2. The molecule has 2 aromatic heterocycles. The summed E-state index contributed by atoms with van der Waals surface area (Å²) in [6.45, 7) is 0.528. The van der Waals surface area contributed by atoms with Gasteiger partial charge in [-0.3, -0.25) is 0 Å². The fraction of sp³-hybridized carbons (Fsp3) is 0.118. The molecule has 0 aliphatic rings. The van der Waals surface area contributed by atoms with Crippen LogP contribution in [0.3, 0.4) is 0 Å². The summed E-state index contributed by atoms with van der Waals surface area (Å²) >= 11 is 7.40. The maximum absolute atomic E-state index is 12.3. The van der Waals surface area contributed by atoms with E-state index in [1.54, 1.807) is 11.9 Å². The summed E-state index contributed by atoms with van der Waals surface area (Å²) in [6, 6.07) is 15.3. The quantitative estimate of drug-likeness (QED) is 0.720. The Morgan fingerprint density at radius 1 is 1.22 bits per heavy atom. The van der Waals surface area contributed by atoms with Crippen LogP contribution < -0.4 is 5.32 Å². The molecule has 1 aromatic carbocycles. The molecule has 0 aliphatic carbocycles. The van der Waals surface area contributed by atoms with Crippen LogP contribution in [0.4, 0.5) is 10.5 Å². The van der Waals surface area contributed by atoms with E-state index < -0.39 is 0 Å². The van der Waals surface area contributed by atoms with Crippen LogP contribution in [0, 0.1) is 0 Å². The van der Waals surface area contributed by atoms with Gasteiger partial charge in [0.2, 0.25) is 0 Å². The van der Waals surface area contributed by atoms with Crippen LogP contribution >= 0.6 is 22.9 Å². The summed E-state index contributed by atoms with van der Waals surface area (Å²) in [5, 5.41) is 2.92. The average Bonchev–Trinajstić information content (AvgIpc) is 3.19. The SMILES string of the molecule is CN(Cc1ccc(Cl)s1)C(=O)Nc1cccc(-n2cccc2)c1. The monoisotopic (exact) mass is 345 g/mol. The standard InChI is InChI=1S/C17H16ClN3OS/c1-20(12-15-7-8-16(18)23-15)17(22)19-13-5-4-6-14(11-13)21-9-2-3-10-21/h2-11H,12H2,1H3,(H,19,22). The van der Waals surface area contributed by atoms with Crippen molar-refractivity contribution in [2.24, 2.45) is 0 Å². The van der Waals surface area contributed by atoms with Crippen molar-refractivity contribution in [1.82, 2.24) is 9.47 Å². The molecule has 2 heterocycles. The lowest BCUT2D eigenvalue weighted by molar-refractivity contribution is 0.221. The lowest BCUT2D eigenvalue weighted by atomic mass is 10.2. The number of urea groups is 1. The number of amides is 2. The number of hydrogen-bond acceptors (Lipinski definition) is 2. The van der Waals surface area contributed by atoms with Crippen molar-refractivity contribution in [2.75, 3.05) is 12.4 Å². The third-order valence-electron chi connectivity index (χ3n) is 3.37. The molecule has 118 valence electrons. The van der Waals surface area contributed by atoms with Crippen LogP contribution in [0.15, 0.2) is 60.9 Å². The molecule has 4 nitrogen and oxygen atoms in total. The van der Waals surface area contributed by atoms with Crippen LogP contribution in [0.25, 0.3) is 5.69 Å². The Bertz CT molecular complexity index is 798. The first-order valence-electron chi connectivity index (χ1n) is 7.11. The second-order valence-electron chi connectivity index (χ2n) is 5.13. The number of carbonyl (C=O) groups is 1. The molecule has 3 rings (SSSR count). The lowest BCUT2D eigenvalue weighted by Crippen LogP contribution is -2.30. The molecule has 0 atom stereocenters. The highest BCUT2D eigenvalue weighted by Crippen LogP contribution is 2.22. The molecular formula is C17H16ClN3OS. The van der Waals surface area contributed by atoms with Crippen LogP contribution in [0.2, 0.25) is 4.34 Å². The highest BCUT2D eigenvalue weighted by molar-refractivity contribution is 7.16. The second kappa shape index (κ2) is 6.89. The van der Waals surface area contributed by atoms with Gasteiger partial charge in [0.25, 0.3) is 0 Å². The normalized spacial score (nSPS) is 10.5. The van der Waals surface area contributed by atoms with Gasteiger partial charge in [0, 0.05) is 35.7 Å². The molecule has 0 spiro atoms. The Morgan fingerprint density at radius 3 is 2.70 bits per heavy atom. The molecule has 6 heteroatoms. The fourth-order valence-electron chi connectivity index (χ4n) is 2.21. The van der Waals surface area contributed by atoms with Crippen molar-refractivity contribution in [3.8, 4) is 5.69 Å². The smallest absolute Gasteiger partial charge is 0.321 e. The van der Waals surface area contributed by atoms with E-state index in [0.717, 1.165) is 20.6 Å². The molecule has 0 aliphatic heterocycles. The van der Waals surface area contributed by atoms with Gasteiger partial charge in [0.1, 0.15) is 0 Å². The van der Waals surface area contributed by atoms with Crippen molar-refractivity contribution < 1.29 is 4.79 Å².